The standard InChI is InChI=1S/C25H32N6O4/c1-18(2)35-22-16-20(34-13-11-31-8-6-30(7-9-31)10-12-32)15-21-24(22)25(28-17-27-21)29-19-4-5-26-23(14-19)33-3/h4-5,12,14-18H,6-11,13H2,1-3H3,(H,26,27,28,29). The first-order valence-electron chi connectivity index (χ1n) is 11.8. The number of pyridine rings is 1. The molecule has 0 aliphatic carbocycles. The summed E-state index contributed by atoms with van der Waals surface area (Å²) in [6, 6.07) is 7.44. The van der Waals surface area contributed by atoms with Crippen molar-refractivity contribution >= 4 is 28.7 Å². The van der Waals surface area contributed by atoms with E-state index in [9.17, 15) is 4.79 Å². The van der Waals surface area contributed by atoms with Crippen LogP contribution >= 0.6 is 0 Å². The molecule has 1 aliphatic rings. The van der Waals surface area contributed by atoms with Crippen LogP contribution in [0.4, 0.5) is 11.5 Å². The molecule has 2 aromatic heterocycles. The SMILES string of the molecule is COc1cc(Nc2ncnc3cc(OCCN4CCN(CC=O)CC4)cc(OC(C)C)c23)ccn1. The van der Waals surface area contributed by atoms with Gasteiger partial charge in [-0.25, -0.2) is 15.0 Å². The average molecular weight is 481 g/mol. The second kappa shape index (κ2) is 11.8. The second-order valence-corrected chi connectivity index (χ2v) is 8.57. The van der Waals surface area contributed by atoms with Crippen molar-refractivity contribution in [1.29, 1.82) is 0 Å². The highest BCUT2D eigenvalue weighted by Crippen LogP contribution is 2.36. The first-order valence-corrected chi connectivity index (χ1v) is 11.8. The van der Waals surface area contributed by atoms with Crippen LogP contribution in [0, 0.1) is 0 Å². The molecule has 4 rings (SSSR count). The highest BCUT2D eigenvalue weighted by molar-refractivity contribution is 5.96. The largest absolute Gasteiger partial charge is 0.492 e. The van der Waals surface area contributed by atoms with Gasteiger partial charge in [-0.15, -0.1) is 0 Å². The zero-order valence-corrected chi connectivity index (χ0v) is 20.4. The lowest BCUT2D eigenvalue weighted by molar-refractivity contribution is -0.109. The number of carbonyl (C=O) groups excluding carboxylic acids is 1. The molecule has 0 amide bonds. The van der Waals surface area contributed by atoms with E-state index < -0.39 is 0 Å². The number of methoxy groups -OCH3 is 1. The van der Waals surface area contributed by atoms with Crippen LogP contribution in [0.2, 0.25) is 0 Å². The fourth-order valence-corrected chi connectivity index (χ4v) is 3.98. The van der Waals surface area contributed by atoms with Gasteiger partial charge < -0.3 is 24.3 Å². The topological polar surface area (TPSA) is 102 Å². The molecule has 10 nitrogen and oxygen atoms in total. The van der Waals surface area contributed by atoms with Crippen LogP contribution in [-0.2, 0) is 4.79 Å². The van der Waals surface area contributed by atoms with Crippen molar-refractivity contribution in [3.8, 4) is 17.4 Å². The quantitative estimate of drug-likeness (QED) is 0.412. The van der Waals surface area contributed by atoms with Gasteiger partial charge in [-0.3, -0.25) is 9.80 Å². The molecular formula is C25H32N6O4. The van der Waals surface area contributed by atoms with E-state index in [1.165, 1.54) is 6.33 Å². The number of piperazine rings is 1. The highest BCUT2D eigenvalue weighted by Gasteiger charge is 2.17. The maximum absolute atomic E-state index is 10.7. The van der Waals surface area contributed by atoms with E-state index in [4.69, 9.17) is 14.2 Å². The molecule has 0 bridgehead atoms. The minimum Gasteiger partial charge on any atom is -0.492 e. The Morgan fingerprint density at radius 2 is 1.89 bits per heavy atom. The van der Waals surface area contributed by atoms with Crippen LogP contribution < -0.4 is 19.5 Å². The molecule has 3 heterocycles. The van der Waals surface area contributed by atoms with Crippen molar-refractivity contribution in [3.05, 3.63) is 36.8 Å². The number of hydrogen-bond acceptors (Lipinski definition) is 10. The van der Waals surface area contributed by atoms with Crippen molar-refractivity contribution < 1.29 is 19.0 Å². The van der Waals surface area contributed by atoms with Gasteiger partial charge in [0.2, 0.25) is 5.88 Å². The maximum atomic E-state index is 10.7. The summed E-state index contributed by atoms with van der Waals surface area (Å²) in [6.45, 7) is 9.49. The van der Waals surface area contributed by atoms with Crippen molar-refractivity contribution in [3.63, 3.8) is 0 Å². The summed E-state index contributed by atoms with van der Waals surface area (Å²) in [5.41, 5.74) is 1.51. The van der Waals surface area contributed by atoms with Gasteiger partial charge in [-0.1, -0.05) is 0 Å². The summed E-state index contributed by atoms with van der Waals surface area (Å²) in [5, 5.41) is 4.10. The molecule has 0 unspecified atom stereocenters. The van der Waals surface area contributed by atoms with Gasteiger partial charge >= 0.3 is 0 Å². The van der Waals surface area contributed by atoms with Gasteiger partial charge in [-0.2, -0.15) is 0 Å². The molecule has 3 aromatic rings. The van der Waals surface area contributed by atoms with Gasteiger partial charge in [-0.05, 0) is 19.9 Å². The van der Waals surface area contributed by atoms with Crippen LogP contribution in [0.3, 0.4) is 0 Å². The number of nitrogens with one attached hydrogen (secondary N) is 1. The van der Waals surface area contributed by atoms with Gasteiger partial charge in [0, 0.05) is 62.8 Å². The van der Waals surface area contributed by atoms with Crippen LogP contribution in [0.1, 0.15) is 13.8 Å². The third-order valence-corrected chi connectivity index (χ3v) is 5.72. The van der Waals surface area contributed by atoms with Crippen molar-refractivity contribution in [1.82, 2.24) is 24.8 Å². The van der Waals surface area contributed by atoms with Crippen molar-refractivity contribution in [2.75, 3.05) is 58.3 Å². The van der Waals surface area contributed by atoms with Crippen LogP contribution in [0.25, 0.3) is 10.9 Å². The Kier molecular flexibility index (Phi) is 8.27. The number of hydrogen-bond donors (Lipinski definition) is 1. The Hall–Kier alpha value is -3.50. The average Bonchev–Trinajstić information content (AvgIpc) is 2.85. The molecule has 0 atom stereocenters. The Labute approximate surface area is 205 Å². The molecule has 1 fully saturated rings. The lowest BCUT2D eigenvalue weighted by atomic mass is 10.2. The number of fused-ring (bicyclic) bond motifs is 1. The van der Waals surface area contributed by atoms with Crippen molar-refractivity contribution in [2.24, 2.45) is 0 Å². The Morgan fingerprint density at radius 1 is 1.09 bits per heavy atom. The molecule has 1 N–H and O–H groups in total. The maximum Gasteiger partial charge on any atom is 0.214 e. The smallest absolute Gasteiger partial charge is 0.214 e. The first kappa shape index (κ1) is 24.6. The van der Waals surface area contributed by atoms with E-state index in [-0.39, 0.29) is 6.10 Å². The van der Waals surface area contributed by atoms with E-state index in [0.717, 1.165) is 55.6 Å². The molecule has 0 saturated carbocycles. The molecule has 0 spiro atoms. The van der Waals surface area contributed by atoms with Gasteiger partial charge in [0.25, 0.3) is 0 Å². The number of ether oxygens (including phenoxy) is 3. The predicted molar refractivity (Wildman–Crippen MR) is 134 cm³/mol. The lowest BCUT2D eigenvalue weighted by Gasteiger charge is -2.33. The fraction of sp³-hybridized carbons (Fsp3) is 0.440. The van der Waals surface area contributed by atoms with Gasteiger partial charge in [0.1, 0.15) is 36.5 Å². The first-order chi connectivity index (χ1) is 17.1. The van der Waals surface area contributed by atoms with Crippen molar-refractivity contribution in [2.45, 2.75) is 20.0 Å². The number of anilines is 2. The summed E-state index contributed by atoms with van der Waals surface area (Å²) >= 11 is 0. The zero-order valence-electron chi connectivity index (χ0n) is 20.4. The van der Waals surface area contributed by atoms with E-state index in [2.05, 4.69) is 30.1 Å². The molecule has 186 valence electrons. The van der Waals surface area contributed by atoms with Crippen LogP contribution in [0.5, 0.6) is 17.4 Å². The molecule has 1 aromatic carbocycles. The zero-order chi connectivity index (χ0) is 24.6. The third-order valence-electron chi connectivity index (χ3n) is 5.72. The Bertz CT molecular complexity index is 1130. The number of nitrogens with zero attached hydrogens (tertiary/aromatic N) is 5. The summed E-state index contributed by atoms with van der Waals surface area (Å²) in [7, 11) is 1.58. The summed E-state index contributed by atoms with van der Waals surface area (Å²) in [6.07, 6.45) is 4.12. The number of carbonyl (C=O) groups is 1. The second-order valence-electron chi connectivity index (χ2n) is 8.57. The van der Waals surface area contributed by atoms with Gasteiger partial charge in [0.05, 0.1) is 30.7 Å². The molecule has 1 aliphatic heterocycles. The summed E-state index contributed by atoms with van der Waals surface area (Å²) < 4.78 is 17.5. The van der Waals surface area contributed by atoms with Crippen LogP contribution in [-0.4, -0.2) is 90.1 Å². The van der Waals surface area contributed by atoms with E-state index in [1.807, 2.05) is 32.0 Å². The minimum absolute atomic E-state index is 0.0369. The molecular weight excluding hydrogens is 448 g/mol. The monoisotopic (exact) mass is 480 g/mol. The van der Waals surface area contributed by atoms with Gasteiger partial charge in [0.15, 0.2) is 0 Å². The number of aromatic nitrogens is 3. The van der Waals surface area contributed by atoms with E-state index >= 15 is 0 Å². The van der Waals surface area contributed by atoms with Crippen LogP contribution in [0.15, 0.2) is 36.8 Å². The molecule has 35 heavy (non-hydrogen) atoms. The van der Waals surface area contributed by atoms with E-state index in [1.54, 1.807) is 19.4 Å². The highest BCUT2D eigenvalue weighted by atomic mass is 16.5. The molecule has 10 heteroatoms. The number of rotatable bonds is 11. The third kappa shape index (κ3) is 6.55. The molecule has 1 saturated heterocycles. The predicted octanol–water partition coefficient (Wildman–Crippen LogP) is 2.76. The summed E-state index contributed by atoms with van der Waals surface area (Å²) in [4.78, 5) is 28.3. The Morgan fingerprint density at radius 3 is 2.63 bits per heavy atom. The fourth-order valence-electron chi connectivity index (χ4n) is 3.98. The van der Waals surface area contributed by atoms with E-state index in [0.29, 0.717) is 36.3 Å². The lowest BCUT2D eigenvalue weighted by Crippen LogP contribution is -2.47. The number of aldehydes is 1. The summed E-state index contributed by atoms with van der Waals surface area (Å²) in [5.74, 6) is 2.48. The number of benzene rings is 1. The normalized spacial score (nSPS) is 14.7. The Balaban J connectivity index is 1.50. The minimum atomic E-state index is -0.0369. The molecule has 0 radical (unpaired) electrons.